The maximum Gasteiger partial charge on any atom is 0.358 e. The van der Waals surface area contributed by atoms with Crippen LogP contribution < -0.4 is 11.2 Å². The summed E-state index contributed by atoms with van der Waals surface area (Å²) in [6.45, 7) is 3.10. The van der Waals surface area contributed by atoms with Crippen LogP contribution in [-0.2, 0) is 9.47 Å². The third-order valence-corrected chi connectivity index (χ3v) is 4.21. The predicted octanol–water partition coefficient (Wildman–Crippen LogP) is -0.866. The number of aliphatic hydroxyl groups excluding tert-OH is 1. The lowest BCUT2D eigenvalue weighted by Gasteiger charge is -2.17. The van der Waals surface area contributed by atoms with Crippen LogP contribution in [0.4, 0.5) is 0 Å². The molecule has 1 aliphatic rings. The molecule has 0 saturated carbocycles. The highest BCUT2D eigenvalue weighted by atomic mass is 16.5. The zero-order valence-corrected chi connectivity index (χ0v) is 14.3. The van der Waals surface area contributed by atoms with Gasteiger partial charge < -0.3 is 14.6 Å². The lowest BCUT2D eigenvalue weighted by atomic mass is 10.1. The second-order valence-electron chi connectivity index (χ2n) is 5.88. The Morgan fingerprint density at radius 3 is 2.96 bits per heavy atom. The van der Waals surface area contributed by atoms with Gasteiger partial charge in [-0.1, -0.05) is 5.21 Å². The number of esters is 1. The number of hydrogen-bond donors (Lipinski definition) is 2. The number of ether oxygens (including phenoxy) is 2. The van der Waals surface area contributed by atoms with E-state index in [0.717, 1.165) is 0 Å². The van der Waals surface area contributed by atoms with Gasteiger partial charge in [0.25, 0.3) is 5.56 Å². The Bertz CT molecular complexity index is 916. The molecule has 1 aliphatic heterocycles. The first kappa shape index (κ1) is 18.0. The molecule has 3 heterocycles. The second kappa shape index (κ2) is 7.22. The Balaban J connectivity index is 1.93. The molecule has 0 unspecified atom stereocenters. The molecule has 11 heteroatoms. The standard InChI is InChI=1S/C15H19N5O6/c1-3-25-14(23)10-5-16-18-20(10)9-4-12(26-11(9)7-21)19-6-8(2)13(22)17-15(19)24/h5-6,9,11-12,21H,3-4,7H2,1-2H3,(H,17,22,24)/t9-,11+,12+/m0/s1. The maximum absolute atomic E-state index is 12.1. The van der Waals surface area contributed by atoms with Crippen molar-refractivity contribution in [2.24, 2.45) is 0 Å². The van der Waals surface area contributed by atoms with Crippen LogP contribution in [0.1, 0.15) is 41.7 Å². The highest BCUT2D eigenvalue weighted by Crippen LogP contribution is 2.36. The molecular weight excluding hydrogens is 346 g/mol. The van der Waals surface area contributed by atoms with Gasteiger partial charge in [-0.25, -0.2) is 14.3 Å². The summed E-state index contributed by atoms with van der Waals surface area (Å²) in [5.74, 6) is -0.588. The van der Waals surface area contributed by atoms with Gasteiger partial charge in [0.2, 0.25) is 0 Å². The van der Waals surface area contributed by atoms with Crippen LogP contribution in [0.15, 0.2) is 22.0 Å². The molecule has 0 amide bonds. The number of nitrogens with zero attached hydrogens (tertiary/aromatic N) is 4. The van der Waals surface area contributed by atoms with E-state index in [4.69, 9.17) is 9.47 Å². The molecule has 0 aliphatic carbocycles. The first-order valence-corrected chi connectivity index (χ1v) is 8.12. The summed E-state index contributed by atoms with van der Waals surface area (Å²) in [6.07, 6.45) is 1.46. The van der Waals surface area contributed by atoms with Gasteiger partial charge in [-0.3, -0.25) is 14.3 Å². The molecule has 2 N–H and O–H groups in total. The minimum Gasteiger partial charge on any atom is -0.461 e. The molecule has 0 bridgehead atoms. The van der Waals surface area contributed by atoms with Gasteiger partial charge in [-0.05, 0) is 13.8 Å². The van der Waals surface area contributed by atoms with E-state index in [2.05, 4.69) is 15.3 Å². The van der Waals surface area contributed by atoms with Crippen molar-refractivity contribution in [2.45, 2.75) is 38.6 Å². The largest absolute Gasteiger partial charge is 0.461 e. The van der Waals surface area contributed by atoms with Crippen molar-refractivity contribution in [1.82, 2.24) is 24.5 Å². The molecule has 11 nitrogen and oxygen atoms in total. The van der Waals surface area contributed by atoms with Crippen molar-refractivity contribution in [1.29, 1.82) is 0 Å². The molecule has 1 saturated heterocycles. The van der Waals surface area contributed by atoms with Crippen molar-refractivity contribution >= 4 is 5.97 Å². The highest BCUT2D eigenvalue weighted by Gasteiger charge is 2.40. The van der Waals surface area contributed by atoms with E-state index >= 15 is 0 Å². The van der Waals surface area contributed by atoms with E-state index in [1.54, 1.807) is 13.8 Å². The summed E-state index contributed by atoms with van der Waals surface area (Å²) >= 11 is 0. The number of rotatable bonds is 5. The number of aryl methyl sites for hydroxylation is 1. The summed E-state index contributed by atoms with van der Waals surface area (Å²) < 4.78 is 13.3. The molecule has 26 heavy (non-hydrogen) atoms. The maximum atomic E-state index is 12.1. The topological polar surface area (TPSA) is 141 Å². The van der Waals surface area contributed by atoms with Gasteiger partial charge in [0.05, 0.1) is 25.5 Å². The summed E-state index contributed by atoms with van der Waals surface area (Å²) in [4.78, 5) is 37.9. The Kier molecular flexibility index (Phi) is 5.00. The summed E-state index contributed by atoms with van der Waals surface area (Å²) in [5.41, 5.74) is -0.609. The fraction of sp³-hybridized carbons (Fsp3) is 0.533. The molecule has 2 aromatic rings. The molecule has 0 spiro atoms. The quantitative estimate of drug-likeness (QED) is 0.652. The van der Waals surface area contributed by atoms with Crippen molar-refractivity contribution in [3.63, 3.8) is 0 Å². The van der Waals surface area contributed by atoms with E-state index in [-0.39, 0.29) is 25.3 Å². The summed E-state index contributed by atoms with van der Waals surface area (Å²) in [6, 6.07) is -0.536. The van der Waals surface area contributed by atoms with Crippen LogP contribution in [0, 0.1) is 6.92 Å². The Hall–Kier alpha value is -2.79. The van der Waals surface area contributed by atoms with Gasteiger partial charge in [0.15, 0.2) is 5.69 Å². The smallest absolute Gasteiger partial charge is 0.358 e. The number of carbonyl (C=O) groups excluding carboxylic acids is 1. The molecule has 3 rings (SSSR count). The number of aliphatic hydroxyl groups is 1. The zero-order chi connectivity index (χ0) is 18.8. The molecule has 140 valence electrons. The summed E-state index contributed by atoms with van der Waals surface area (Å²) in [5, 5.41) is 17.3. The van der Waals surface area contributed by atoms with Crippen molar-refractivity contribution in [2.75, 3.05) is 13.2 Å². The van der Waals surface area contributed by atoms with E-state index < -0.39 is 35.6 Å². The molecule has 2 aromatic heterocycles. The van der Waals surface area contributed by atoms with Gasteiger partial charge in [0.1, 0.15) is 12.3 Å². The third-order valence-electron chi connectivity index (χ3n) is 4.21. The lowest BCUT2D eigenvalue weighted by Crippen LogP contribution is -2.33. The predicted molar refractivity (Wildman–Crippen MR) is 86.7 cm³/mol. The van der Waals surface area contributed by atoms with Crippen LogP contribution in [0.25, 0.3) is 0 Å². The minimum absolute atomic E-state index is 0.129. The molecule has 0 aromatic carbocycles. The molecular formula is C15H19N5O6. The number of nitrogens with one attached hydrogen (secondary N) is 1. The Labute approximate surface area is 147 Å². The van der Waals surface area contributed by atoms with Crippen LogP contribution in [0.2, 0.25) is 0 Å². The number of aromatic amines is 1. The Morgan fingerprint density at radius 1 is 1.50 bits per heavy atom. The van der Waals surface area contributed by atoms with Crippen LogP contribution in [-0.4, -0.2) is 54.9 Å². The van der Waals surface area contributed by atoms with Gasteiger partial charge >= 0.3 is 11.7 Å². The van der Waals surface area contributed by atoms with Gasteiger partial charge in [0, 0.05) is 18.2 Å². The van der Waals surface area contributed by atoms with E-state index in [0.29, 0.717) is 5.56 Å². The first-order valence-electron chi connectivity index (χ1n) is 8.12. The van der Waals surface area contributed by atoms with E-state index in [1.165, 1.54) is 21.6 Å². The number of H-pyrrole nitrogens is 1. The zero-order valence-electron chi connectivity index (χ0n) is 14.3. The fourth-order valence-electron chi connectivity index (χ4n) is 2.95. The molecule has 0 radical (unpaired) electrons. The number of hydrogen-bond acceptors (Lipinski definition) is 8. The minimum atomic E-state index is -0.737. The van der Waals surface area contributed by atoms with Crippen LogP contribution in [0.3, 0.4) is 0 Å². The summed E-state index contributed by atoms with van der Waals surface area (Å²) in [7, 11) is 0. The highest BCUT2D eigenvalue weighted by molar-refractivity contribution is 5.87. The van der Waals surface area contributed by atoms with Crippen molar-refractivity contribution < 1.29 is 19.4 Å². The lowest BCUT2D eigenvalue weighted by molar-refractivity contribution is -0.0325. The van der Waals surface area contributed by atoms with Gasteiger partial charge in [-0.2, -0.15) is 0 Å². The Morgan fingerprint density at radius 2 is 2.27 bits per heavy atom. The second-order valence-corrected chi connectivity index (χ2v) is 5.88. The van der Waals surface area contributed by atoms with E-state index in [1.807, 2.05) is 0 Å². The number of carbonyl (C=O) groups is 1. The van der Waals surface area contributed by atoms with Crippen LogP contribution >= 0.6 is 0 Å². The normalized spacial score (nSPS) is 22.5. The molecule has 1 fully saturated rings. The molecule has 3 atom stereocenters. The average molecular weight is 365 g/mol. The third kappa shape index (κ3) is 3.18. The van der Waals surface area contributed by atoms with Gasteiger partial charge in [-0.15, -0.1) is 5.10 Å². The fourth-order valence-corrected chi connectivity index (χ4v) is 2.95. The van der Waals surface area contributed by atoms with Crippen molar-refractivity contribution in [3.05, 3.63) is 44.5 Å². The first-order chi connectivity index (χ1) is 12.5. The van der Waals surface area contributed by atoms with Crippen LogP contribution in [0.5, 0.6) is 0 Å². The monoisotopic (exact) mass is 365 g/mol. The number of aromatic nitrogens is 5. The average Bonchev–Trinajstić information content (AvgIpc) is 3.24. The van der Waals surface area contributed by atoms with E-state index in [9.17, 15) is 19.5 Å². The van der Waals surface area contributed by atoms with Crippen molar-refractivity contribution in [3.8, 4) is 0 Å². The SMILES string of the molecule is CCOC(=O)c1cnnn1[C@H]1C[C@H](n2cc(C)c(=O)[nH]c2=O)O[C@@H]1CO.